The molecule has 1 aromatic rings. The second-order valence-electron chi connectivity index (χ2n) is 5.24. The van der Waals surface area contributed by atoms with Crippen molar-refractivity contribution in [1.82, 2.24) is 10.2 Å². The second kappa shape index (κ2) is 7.76. The number of amides is 2. The quantitative estimate of drug-likeness (QED) is 0.923. The zero-order valence-electron chi connectivity index (χ0n) is 12.6. The molecule has 7 heteroatoms. The molecule has 2 unspecified atom stereocenters. The third kappa shape index (κ3) is 4.32. The lowest BCUT2D eigenvalue weighted by molar-refractivity contribution is -0.0496. The molecule has 1 heterocycles. The van der Waals surface area contributed by atoms with Gasteiger partial charge in [0.1, 0.15) is 5.82 Å². The fourth-order valence-corrected chi connectivity index (χ4v) is 2.52. The Morgan fingerprint density at radius 2 is 2.41 bits per heavy atom. The Bertz CT molecular complexity index is 528. The lowest BCUT2D eigenvalue weighted by atomic mass is 10.1. The molecule has 0 saturated carbocycles. The number of benzene rings is 1. The van der Waals surface area contributed by atoms with E-state index in [2.05, 4.69) is 5.32 Å². The minimum Gasteiger partial charge on any atom is -0.382 e. The van der Waals surface area contributed by atoms with Crippen LogP contribution in [0.3, 0.4) is 0 Å². The first kappa shape index (κ1) is 17.0. The SMILES string of the molecule is COCC1CN(C(=O)NC(C)c2ccc(F)c(Cl)c2)CCO1. The average molecular weight is 331 g/mol. The lowest BCUT2D eigenvalue weighted by Crippen LogP contribution is -2.51. The van der Waals surface area contributed by atoms with Gasteiger partial charge in [-0.3, -0.25) is 0 Å². The molecule has 2 amide bonds. The van der Waals surface area contributed by atoms with Crippen LogP contribution < -0.4 is 5.32 Å². The van der Waals surface area contributed by atoms with E-state index < -0.39 is 5.82 Å². The molecule has 1 aliphatic heterocycles. The highest BCUT2D eigenvalue weighted by Crippen LogP contribution is 2.21. The highest BCUT2D eigenvalue weighted by atomic mass is 35.5. The third-order valence-electron chi connectivity index (χ3n) is 3.56. The van der Waals surface area contributed by atoms with Gasteiger partial charge in [-0.15, -0.1) is 0 Å². The molecule has 1 aromatic carbocycles. The predicted octanol–water partition coefficient (Wildman–Crippen LogP) is 2.60. The standard InChI is InChI=1S/C15H20ClFN2O3/c1-10(11-3-4-14(17)13(16)7-11)18-15(20)19-5-6-22-12(8-19)9-21-2/h3-4,7,10,12H,5-6,8-9H2,1-2H3,(H,18,20). The normalized spacial score (nSPS) is 19.8. The largest absolute Gasteiger partial charge is 0.382 e. The average Bonchev–Trinajstić information content (AvgIpc) is 2.50. The number of carbonyl (C=O) groups is 1. The number of urea groups is 1. The molecule has 2 atom stereocenters. The van der Waals surface area contributed by atoms with E-state index in [9.17, 15) is 9.18 Å². The van der Waals surface area contributed by atoms with Crippen LogP contribution in [0.2, 0.25) is 5.02 Å². The Balaban J connectivity index is 1.94. The molecule has 1 saturated heterocycles. The van der Waals surface area contributed by atoms with E-state index in [1.54, 1.807) is 18.1 Å². The van der Waals surface area contributed by atoms with Gasteiger partial charge in [0.05, 0.1) is 36.9 Å². The van der Waals surface area contributed by atoms with Crippen molar-refractivity contribution < 1.29 is 18.7 Å². The molecule has 122 valence electrons. The topological polar surface area (TPSA) is 50.8 Å². The van der Waals surface area contributed by atoms with E-state index in [0.717, 1.165) is 5.56 Å². The highest BCUT2D eigenvalue weighted by Gasteiger charge is 2.25. The molecule has 22 heavy (non-hydrogen) atoms. The van der Waals surface area contributed by atoms with Crippen LogP contribution in [0.4, 0.5) is 9.18 Å². The Hall–Kier alpha value is -1.37. The molecule has 1 aliphatic rings. The summed E-state index contributed by atoms with van der Waals surface area (Å²) in [6.07, 6.45) is -0.111. The van der Waals surface area contributed by atoms with Gasteiger partial charge in [0.15, 0.2) is 0 Å². The maximum absolute atomic E-state index is 13.2. The van der Waals surface area contributed by atoms with Gasteiger partial charge in [-0.2, -0.15) is 0 Å². The molecule has 0 spiro atoms. The Morgan fingerprint density at radius 1 is 1.64 bits per heavy atom. The number of halogens is 2. The Kier molecular flexibility index (Phi) is 5.99. The number of hydrogen-bond acceptors (Lipinski definition) is 3. The highest BCUT2D eigenvalue weighted by molar-refractivity contribution is 6.30. The summed E-state index contributed by atoms with van der Waals surface area (Å²) in [5.74, 6) is -0.473. The molecular weight excluding hydrogens is 311 g/mol. The number of morpholine rings is 1. The van der Waals surface area contributed by atoms with Gasteiger partial charge in [-0.05, 0) is 24.6 Å². The molecule has 0 radical (unpaired) electrons. The van der Waals surface area contributed by atoms with Gasteiger partial charge in [0.2, 0.25) is 0 Å². The van der Waals surface area contributed by atoms with Crippen LogP contribution in [0, 0.1) is 5.82 Å². The first-order chi connectivity index (χ1) is 10.5. The van der Waals surface area contributed by atoms with Crippen molar-refractivity contribution >= 4 is 17.6 Å². The first-order valence-corrected chi connectivity index (χ1v) is 7.50. The van der Waals surface area contributed by atoms with Gasteiger partial charge in [-0.1, -0.05) is 17.7 Å². The van der Waals surface area contributed by atoms with Crippen molar-refractivity contribution in [3.63, 3.8) is 0 Å². The van der Waals surface area contributed by atoms with E-state index in [0.29, 0.717) is 26.3 Å². The van der Waals surface area contributed by atoms with Crippen LogP contribution in [0.15, 0.2) is 18.2 Å². The van der Waals surface area contributed by atoms with Crippen molar-refractivity contribution in [3.8, 4) is 0 Å². The number of nitrogens with one attached hydrogen (secondary N) is 1. The van der Waals surface area contributed by atoms with Crippen LogP contribution in [0.1, 0.15) is 18.5 Å². The van der Waals surface area contributed by atoms with Gasteiger partial charge in [0.25, 0.3) is 0 Å². The maximum Gasteiger partial charge on any atom is 0.318 e. The summed E-state index contributed by atoms with van der Waals surface area (Å²) < 4.78 is 23.7. The predicted molar refractivity (Wildman–Crippen MR) is 81.5 cm³/mol. The smallest absolute Gasteiger partial charge is 0.318 e. The number of ether oxygens (including phenoxy) is 2. The molecule has 1 N–H and O–H groups in total. The number of methoxy groups -OCH3 is 1. The van der Waals surface area contributed by atoms with Gasteiger partial charge in [0, 0.05) is 13.7 Å². The van der Waals surface area contributed by atoms with Crippen molar-refractivity contribution in [2.45, 2.75) is 19.1 Å². The van der Waals surface area contributed by atoms with Crippen LogP contribution >= 0.6 is 11.6 Å². The minimum absolute atomic E-state index is 0.0464. The number of rotatable bonds is 4. The Morgan fingerprint density at radius 3 is 3.09 bits per heavy atom. The van der Waals surface area contributed by atoms with Gasteiger partial charge < -0.3 is 19.7 Å². The summed E-state index contributed by atoms with van der Waals surface area (Å²) in [5, 5.41) is 2.93. The van der Waals surface area contributed by atoms with Crippen molar-refractivity contribution in [2.24, 2.45) is 0 Å². The number of nitrogens with zero attached hydrogens (tertiary/aromatic N) is 1. The summed E-state index contributed by atoms with van der Waals surface area (Å²) >= 11 is 5.77. The molecule has 1 fully saturated rings. The van der Waals surface area contributed by atoms with Gasteiger partial charge >= 0.3 is 6.03 Å². The first-order valence-electron chi connectivity index (χ1n) is 7.12. The lowest BCUT2D eigenvalue weighted by Gasteiger charge is -2.33. The minimum atomic E-state index is -0.473. The van der Waals surface area contributed by atoms with E-state index in [4.69, 9.17) is 21.1 Å². The van der Waals surface area contributed by atoms with Crippen LogP contribution in [-0.4, -0.2) is 50.4 Å². The number of carbonyl (C=O) groups excluding carboxylic acids is 1. The van der Waals surface area contributed by atoms with E-state index in [1.165, 1.54) is 12.1 Å². The van der Waals surface area contributed by atoms with Crippen LogP contribution in [0.5, 0.6) is 0 Å². The summed E-state index contributed by atoms with van der Waals surface area (Å²) in [7, 11) is 1.60. The molecule has 0 bridgehead atoms. The fraction of sp³-hybridized carbons (Fsp3) is 0.533. The summed E-state index contributed by atoms with van der Waals surface area (Å²) in [5.41, 5.74) is 0.751. The van der Waals surface area contributed by atoms with E-state index in [-0.39, 0.29) is 23.2 Å². The van der Waals surface area contributed by atoms with Crippen molar-refractivity contribution in [2.75, 3.05) is 33.4 Å². The fourth-order valence-electron chi connectivity index (χ4n) is 2.33. The van der Waals surface area contributed by atoms with E-state index in [1.807, 2.05) is 6.92 Å². The Labute approximate surface area is 134 Å². The molecule has 0 aliphatic carbocycles. The van der Waals surface area contributed by atoms with Crippen molar-refractivity contribution in [3.05, 3.63) is 34.6 Å². The van der Waals surface area contributed by atoms with Crippen LogP contribution in [0.25, 0.3) is 0 Å². The summed E-state index contributed by atoms with van der Waals surface area (Å²) in [6, 6.07) is 3.98. The maximum atomic E-state index is 13.2. The second-order valence-corrected chi connectivity index (χ2v) is 5.65. The monoisotopic (exact) mass is 330 g/mol. The summed E-state index contributed by atoms with van der Waals surface area (Å²) in [6.45, 7) is 3.78. The molecular formula is C15H20ClFN2O3. The zero-order valence-corrected chi connectivity index (χ0v) is 13.4. The van der Waals surface area contributed by atoms with Crippen LogP contribution in [-0.2, 0) is 9.47 Å². The molecule has 0 aromatic heterocycles. The van der Waals surface area contributed by atoms with E-state index >= 15 is 0 Å². The third-order valence-corrected chi connectivity index (χ3v) is 3.85. The van der Waals surface area contributed by atoms with Crippen molar-refractivity contribution in [1.29, 1.82) is 0 Å². The molecule has 5 nitrogen and oxygen atoms in total. The number of hydrogen-bond donors (Lipinski definition) is 1. The van der Waals surface area contributed by atoms with Gasteiger partial charge in [-0.25, -0.2) is 9.18 Å². The molecule has 2 rings (SSSR count). The zero-order chi connectivity index (χ0) is 16.1. The summed E-state index contributed by atoms with van der Waals surface area (Å²) in [4.78, 5) is 14.0.